The van der Waals surface area contributed by atoms with Crippen molar-refractivity contribution >= 4 is 88.0 Å². The summed E-state index contributed by atoms with van der Waals surface area (Å²) in [6.07, 6.45) is 0. The number of hydrogen-bond donors (Lipinski definition) is 0. The van der Waals surface area contributed by atoms with E-state index in [0.717, 1.165) is 0 Å². The van der Waals surface area contributed by atoms with Gasteiger partial charge in [0.25, 0.3) is 0 Å². The third-order valence-corrected chi connectivity index (χ3v) is 23.2. The first-order valence-electron chi connectivity index (χ1n) is 27.1. The molecule has 79 heavy (non-hydrogen) atoms. The first-order valence-corrected chi connectivity index (χ1v) is 33.3. The van der Waals surface area contributed by atoms with Gasteiger partial charge in [0.2, 0.25) is 0 Å². The first kappa shape index (κ1) is 64.7. The predicted octanol–water partition coefficient (Wildman–Crippen LogP) is 16.5. The van der Waals surface area contributed by atoms with Crippen LogP contribution in [0.25, 0.3) is 0 Å². The minimum Gasteiger partial charge on any atom is -1.00 e. The Hall–Kier alpha value is -5.15. The van der Waals surface area contributed by atoms with Gasteiger partial charge >= 0.3 is 27.0 Å². The molecular formula is C73H84ClOP3Ru-. The van der Waals surface area contributed by atoms with Gasteiger partial charge in [-0.1, -0.05) is 214 Å². The fourth-order valence-electron chi connectivity index (χ4n) is 10.7. The van der Waals surface area contributed by atoms with Gasteiger partial charge in [-0.25, -0.2) is 0 Å². The molecule has 0 unspecified atom stereocenters. The third-order valence-electron chi connectivity index (χ3n) is 14.3. The van der Waals surface area contributed by atoms with Crippen LogP contribution in [-0.4, -0.2) is 6.79 Å². The summed E-state index contributed by atoms with van der Waals surface area (Å²) in [5.41, 5.74) is 24.5. The van der Waals surface area contributed by atoms with Crippen LogP contribution in [0.15, 0.2) is 164 Å². The van der Waals surface area contributed by atoms with E-state index in [-0.39, 0.29) is 1.43 Å². The molecule has 0 saturated heterocycles. The van der Waals surface area contributed by atoms with Crippen molar-refractivity contribution in [3.05, 3.63) is 264 Å². The van der Waals surface area contributed by atoms with Crippen molar-refractivity contribution in [3.63, 3.8) is 0 Å². The number of rotatable bonds is 9. The average molecular weight is 1210 g/mol. The van der Waals surface area contributed by atoms with E-state index in [1.165, 1.54) is 148 Å². The standard InChI is InChI=1S/3C24H27P.CH2O.ClH.Ru.H/c3*1-16-7-10-22(19(4)13-16)25(23-11-8-17(2)14-20(23)5)24-12-9-18(3)15-21(24)6;1-2;;;/h3*7-15H,1-6H3;1H2;1H;;/q;;;;;+1;-1/p-1. The zero-order valence-electron chi connectivity index (χ0n) is 51.3. The molecular weight excluding hydrogens is 1120 g/mol. The van der Waals surface area contributed by atoms with E-state index in [1.54, 1.807) is 0 Å². The molecule has 0 spiro atoms. The Morgan fingerprint density at radius 1 is 0.228 bits per heavy atom. The summed E-state index contributed by atoms with van der Waals surface area (Å²) in [5.74, 6) is 0. The minimum absolute atomic E-state index is 0. The van der Waals surface area contributed by atoms with Crippen LogP contribution in [0.4, 0.5) is 0 Å². The van der Waals surface area contributed by atoms with Gasteiger partial charge in [-0.15, -0.1) is 0 Å². The molecule has 0 saturated carbocycles. The second-order valence-electron chi connectivity index (χ2n) is 21.6. The van der Waals surface area contributed by atoms with Crippen molar-refractivity contribution < 1.29 is 23.5 Å². The van der Waals surface area contributed by atoms with E-state index < -0.39 is 23.8 Å². The van der Waals surface area contributed by atoms with Crippen LogP contribution in [0.2, 0.25) is 0 Å². The summed E-state index contributed by atoms with van der Waals surface area (Å²) < 4.78 is 0. The van der Waals surface area contributed by atoms with E-state index in [1.807, 2.05) is 24.1 Å². The number of benzene rings is 9. The SMILES string of the molecule is C=O.Cc1ccc(P(c2ccc(C)cc2C)c2ccc(C)cc2C)c(C)c1.Cc1ccc(P(c2ccc(C)cc2C)c2ccc(C)cc2C)c(C)c1.Cc1ccc(P(c2ccc(C)cc2C)c2ccc(C)cc2C)c(C)c1.[Cl][Ru].[H-]. The van der Waals surface area contributed by atoms with E-state index in [2.05, 4.69) is 298 Å². The van der Waals surface area contributed by atoms with Crippen molar-refractivity contribution in [2.45, 2.75) is 125 Å². The maximum atomic E-state index is 8.00. The van der Waals surface area contributed by atoms with Crippen LogP contribution in [0.3, 0.4) is 0 Å². The topological polar surface area (TPSA) is 17.1 Å². The van der Waals surface area contributed by atoms with Gasteiger partial charge in [0, 0.05) is 0 Å². The third kappa shape index (κ3) is 16.7. The number of hydrogen-bond acceptors (Lipinski definition) is 1. The minimum atomic E-state index is -0.546. The van der Waals surface area contributed by atoms with Crippen LogP contribution in [0, 0.1) is 125 Å². The molecule has 0 fully saturated rings. The first-order chi connectivity index (χ1) is 37.6. The van der Waals surface area contributed by atoms with Crippen molar-refractivity contribution in [1.82, 2.24) is 0 Å². The van der Waals surface area contributed by atoms with Crippen LogP contribution in [-0.2, 0) is 22.1 Å². The molecule has 0 heterocycles. The molecule has 0 N–H and O–H groups in total. The summed E-state index contributed by atoms with van der Waals surface area (Å²) >= 11 is 1.82. The maximum absolute atomic E-state index is 8.00. The molecule has 6 heteroatoms. The second kappa shape index (κ2) is 30.1. The molecule has 0 atom stereocenters. The molecule has 0 aliphatic heterocycles. The van der Waals surface area contributed by atoms with Crippen molar-refractivity contribution in [2.75, 3.05) is 0 Å². The fourth-order valence-corrected chi connectivity index (χ4v) is 18.8. The van der Waals surface area contributed by atoms with Crippen LogP contribution in [0.5, 0.6) is 0 Å². The Morgan fingerprint density at radius 3 is 0.392 bits per heavy atom. The zero-order chi connectivity index (χ0) is 58.4. The molecule has 0 amide bonds. The summed E-state index contributed by atoms with van der Waals surface area (Å²) in [6.45, 7) is 41.9. The Balaban J connectivity index is 0.000000249. The molecule has 413 valence electrons. The molecule has 0 bridgehead atoms. The molecule has 9 aromatic rings. The number of carbonyl (C=O) groups is 1. The molecule has 9 aromatic carbocycles. The van der Waals surface area contributed by atoms with Crippen LogP contribution in [0.1, 0.15) is 102 Å². The summed E-state index contributed by atoms with van der Waals surface area (Å²) in [5, 5.41) is 13.2. The predicted molar refractivity (Wildman–Crippen MR) is 355 cm³/mol. The summed E-state index contributed by atoms with van der Waals surface area (Å²) in [4.78, 5) is 8.00. The molecule has 0 aromatic heterocycles. The zero-order valence-corrected chi connectivity index (χ0v) is 55.5. The molecule has 0 radical (unpaired) electrons. The Morgan fingerprint density at radius 2 is 0.316 bits per heavy atom. The van der Waals surface area contributed by atoms with Gasteiger partial charge in [0.05, 0.1) is 0 Å². The Labute approximate surface area is 496 Å². The van der Waals surface area contributed by atoms with Gasteiger partial charge in [0.15, 0.2) is 0 Å². The maximum Gasteiger partial charge on any atom is -1.00 e. The van der Waals surface area contributed by atoms with Gasteiger partial charge in [0.1, 0.15) is 6.79 Å². The van der Waals surface area contributed by atoms with Gasteiger partial charge in [-0.05, 0) is 246 Å². The van der Waals surface area contributed by atoms with Crippen LogP contribution < -0.4 is 47.7 Å². The Kier molecular flexibility index (Phi) is 24.6. The summed E-state index contributed by atoms with van der Waals surface area (Å²) in [6, 6.07) is 62.2. The fraction of sp³-hybridized carbons (Fsp3) is 0.247. The molecule has 1 nitrogen and oxygen atoms in total. The van der Waals surface area contributed by atoms with E-state index in [0.29, 0.717) is 0 Å². The normalized spacial score (nSPS) is 10.7. The van der Waals surface area contributed by atoms with E-state index in [9.17, 15) is 0 Å². The molecule has 0 aliphatic rings. The number of halogens is 1. The summed E-state index contributed by atoms with van der Waals surface area (Å²) in [7, 11) is 2.93. The Bertz CT molecular complexity index is 2810. The average Bonchev–Trinajstić information content (AvgIpc) is 3.38. The molecule has 9 rings (SSSR count). The number of aryl methyl sites for hydroxylation is 18. The van der Waals surface area contributed by atoms with Crippen molar-refractivity contribution in [3.8, 4) is 0 Å². The monoisotopic (exact) mass is 1210 g/mol. The van der Waals surface area contributed by atoms with Gasteiger partial charge < -0.3 is 6.22 Å². The quantitative estimate of drug-likeness (QED) is 0.104. The van der Waals surface area contributed by atoms with Crippen LogP contribution >= 0.6 is 33.5 Å². The van der Waals surface area contributed by atoms with Crippen molar-refractivity contribution in [2.24, 2.45) is 0 Å². The largest absolute Gasteiger partial charge is 1.00 e. The van der Waals surface area contributed by atoms with Gasteiger partial charge in [-0.3, -0.25) is 0 Å². The molecule has 0 aliphatic carbocycles. The van der Waals surface area contributed by atoms with Gasteiger partial charge in [-0.2, -0.15) is 0 Å². The second-order valence-corrected chi connectivity index (χ2v) is 28.0. The van der Waals surface area contributed by atoms with E-state index >= 15 is 0 Å². The smallest absolute Gasteiger partial charge is 1.00 e. The van der Waals surface area contributed by atoms with Crippen molar-refractivity contribution in [1.29, 1.82) is 0 Å². The number of carbonyl (C=O) groups excluding carboxylic acids is 1. The van der Waals surface area contributed by atoms with E-state index in [4.69, 9.17) is 4.79 Å².